The number of carbonyl (C=O) groups is 2. The van der Waals surface area contributed by atoms with Gasteiger partial charge in [0, 0.05) is 24.7 Å². The van der Waals surface area contributed by atoms with Gasteiger partial charge in [-0.2, -0.15) is 0 Å². The molecular weight excluding hydrogens is 532 g/mol. The number of nitrogens with zero attached hydrogens (tertiary/aromatic N) is 3. The fourth-order valence-corrected chi connectivity index (χ4v) is 5.71. The molecule has 40 heavy (non-hydrogen) atoms. The van der Waals surface area contributed by atoms with Crippen LogP contribution in [0.15, 0.2) is 89.8 Å². The number of hydrogen-bond donors (Lipinski definition) is 1. The fourth-order valence-electron chi connectivity index (χ4n) is 4.29. The van der Waals surface area contributed by atoms with E-state index in [1.54, 1.807) is 25.1 Å². The maximum Gasteiger partial charge on any atom is 0.271 e. The van der Waals surface area contributed by atoms with Gasteiger partial charge in [-0.1, -0.05) is 61.5 Å². The van der Waals surface area contributed by atoms with Gasteiger partial charge in [0.1, 0.15) is 12.6 Å². The van der Waals surface area contributed by atoms with Crippen LogP contribution in [0.3, 0.4) is 0 Å². The van der Waals surface area contributed by atoms with Crippen LogP contribution in [0.1, 0.15) is 32.8 Å². The minimum absolute atomic E-state index is 0.0332. The van der Waals surface area contributed by atoms with Crippen molar-refractivity contribution in [1.29, 1.82) is 0 Å². The van der Waals surface area contributed by atoms with E-state index >= 15 is 0 Å². The third kappa shape index (κ3) is 7.66. The first-order chi connectivity index (χ1) is 19.0. The van der Waals surface area contributed by atoms with Crippen molar-refractivity contribution >= 4 is 33.2 Å². The van der Waals surface area contributed by atoms with E-state index in [4.69, 9.17) is 0 Å². The Hall–Kier alpha value is -4.25. The van der Waals surface area contributed by atoms with Gasteiger partial charge in [0.25, 0.3) is 15.7 Å². The molecule has 3 rings (SSSR count). The average Bonchev–Trinajstić information content (AvgIpc) is 2.94. The zero-order chi connectivity index (χ0) is 29.3. The quantitative estimate of drug-likeness (QED) is 0.244. The number of anilines is 1. The topological polar surface area (TPSA) is 130 Å². The first kappa shape index (κ1) is 30.3. The summed E-state index contributed by atoms with van der Waals surface area (Å²) in [5.41, 5.74) is 0.600. The number of nitrogens with one attached hydrogen (secondary N) is 1. The second kappa shape index (κ2) is 13.7. The Balaban J connectivity index is 2.04. The second-order valence-corrected chi connectivity index (χ2v) is 11.4. The summed E-state index contributed by atoms with van der Waals surface area (Å²) >= 11 is 0. The summed E-state index contributed by atoms with van der Waals surface area (Å²) in [5.74, 6) is -0.945. The van der Waals surface area contributed by atoms with E-state index in [0.29, 0.717) is 12.8 Å². The molecule has 0 aromatic heterocycles. The number of nitro benzene ring substituents is 1. The molecule has 11 heteroatoms. The monoisotopic (exact) mass is 566 g/mol. The van der Waals surface area contributed by atoms with Crippen molar-refractivity contribution in [3.8, 4) is 0 Å². The van der Waals surface area contributed by atoms with Gasteiger partial charge in [-0.15, -0.1) is 0 Å². The van der Waals surface area contributed by atoms with Crippen molar-refractivity contribution < 1.29 is 22.9 Å². The van der Waals surface area contributed by atoms with Crippen molar-refractivity contribution in [2.45, 2.75) is 50.6 Å². The Morgan fingerprint density at radius 3 is 2.15 bits per heavy atom. The minimum Gasteiger partial charge on any atom is -0.352 e. The van der Waals surface area contributed by atoms with E-state index in [0.717, 1.165) is 15.9 Å². The molecule has 10 nitrogen and oxygen atoms in total. The molecule has 3 aromatic carbocycles. The van der Waals surface area contributed by atoms with Crippen molar-refractivity contribution in [3.63, 3.8) is 0 Å². The smallest absolute Gasteiger partial charge is 0.271 e. The molecule has 0 spiro atoms. The lowest BCUT2D eigenvalue weighted by Crippen LogP contribution is -2.54. The van der Waals surface area contributed by atoms with Crippen LogP contribution in [-0.4, -0.2) is 55.2 Å². The largest absolute Gasteiger partial charge is 0.352 e. The van der Waals surface area contributed by atoms with E-state index in [9.17, 15) is 28.1 Å². The lowest BCUT2D eigenvalue weighted by Gasteiger charge is -2.33. The van der Waals surface area contributed by atoms with Crippen LogP contribution in [0.25, 0.3) is 0 Å². The van der Waals surface area contributed by atoms with Gasteiger partial charge in [0.15, 0.2) is 0 Å². The van der Waals surface area contributed by atoms with Gasteiger partial charge < -0.3 is 10.2 Å². The SMILES string of the molecule is CC[C@H](C(=O)NC(C)C)N(CCc1ccccc1)C(=O)CN(c1cccc([N+](=O)[O-])c1)S(=O)(=O)c1ccccc1. The highest BCUT2D eigenvalue weighted by Gasteiger charge is 2.34. The third-order valence-electron chi connectivity index (χ3n) is 6.24. The number of amides is 2. The molecule has 0 heterocycles. The van der Waals surface area contributed by atoms with E-state index in [2.05, 4.69) is 5.32 Å². The highest BCUT2D eigenvalue weighted by molar-refractivity contribution is 7.92. The maximum absolute atomic E-state index is 13.9. The molecule has 212 valence electrons. The number of non-ortho nitro benzene ring substituents is 1. The van der Waals surface area contributed by atoms with Crippen LogP contribution in [0.5, 0.6) is 0 Å². The predicted molar refractivity (Wildman–Crippen MR) is 153 cm³/mol. The summed E-state index contributed by atoms with van der Waals surface area (Å²) in [6.45, 7) is 4.93. The van der Waals surface area contributed by atoms with Gasteiger partial charge in [-0.05, 0) is 50.5 Å². The van der Waals surface area contributed by atoms with E-state index in [-0.39, 0.29) is 34.8 Å². The summed E-state index contributed by atoms with van der Waals surface area (Å²) in [6.07, 6.45) is 0.752. The van der Waals surface area contributed by atoms with Gasteiger partial charge in [0.2, 0.25) is 11.8 Å². The molecule has 2 amide bonds. The van der Waals surface area contributed by atoms with Gasteiger partial charge in [-0.25, -0.2) is 8.42 Å². The number of nitro groups is 1. The molecule has 3 aromatic rings. The molecule has 0 radical (unpaired) electrons. The molecule has 0 aliphatic carbocycles. The highest BCUT2D eigenvalue weighted by atomic mass is 32.2. The van der Waals surface area contributed by atoms with Crippen LogP contribution >= 0.6 is 0 Å². The molecule has 0 fully saturated rings. The van der Waals surface area contributed by atoms with Crippen LogP contribution in [0, 0.1) is 10.1 Å². The second-order valence-electron chi connectivity index (χ2n) is 9.51. The summed E-state index contributed by atoms with van der Waals surface area (Å²) < 4.78 is 28.4. The zero-order valence-electron chi connectivity index (χ0n) is 22.8. The Kier molecular flexibility index (Phi) is 10.4. The number of sulfonamides is 1. The van der Waals surface area contributed by atoms with Crippen LogP contribution < -0.4 is 9.62 Å². The standard InChI is InChI=1S/C29H34N4O6S/c1-4-27(29(35)30-22(2)3)31(19-18-23-12-7-5-8-13-23)28(34)21-32(24-14-11-15-25(20-24)33(36)37)40(38,39)26-16-9-6-10-17-26/h5-17,20,22,27H,4,18-19,21H2,1-3H3,(H,30,35)/t27-/m1/s1. The number of benzene rings is 3. The van der Waals surface area contributed by atoms with Crippen molar-refractivity contribution in [1.82, 2.24) is 10.2 Å². The third-order valence-corrected chi connectivity index (χ3v) is 8.03. The molecule has 0 saturated heterocycles. The Bertz CT molecular complexity index is 1410. The molecule has 0 aliphatic rings. The molecule has 0 saturated carbocycles. The van der Waals surface area contributed by atoms with Gasteiger partial charge in [0.05, 0.1) is 15.5 Å². The summed E-state index contributed by atoms with van der Waals surface area (Å²) in [6, 6.07) is 21.1. The number of rotatable bonds is 13. The minimum atomic E-state index is -4.30. The van der Waals surface area contributed by atoms with Crippen LogP contribution in [0.2, 0.25) is 0 Å². The van der Waals surface area contributed by atoms with Gasteiger partial charge in [-0.3, -0.25) is 24.0 Å². The van der Waals surface area contributed by atoms with Crippen LogP contribution in [0.4, 0.5) is 11.4 Å². The number of carbonyl (C=O) groups excluding carboxylic acids is 2. The average molecular weight is 567 g/mol. The molecule has 1 N–H and O–H groups in total. The first-order valence-electron chi connectivity index (χ1n) is 13.0. The Morgan fingerprint density at radius 2 is 1.57 bits per heavy atom. The summed E-state index contributed by atoms with van der Waals surface area (Å²) in [7, 11) is -4.30. The first-order valence-corrected chi connectivity index (χ1v) is 14.4. The lowest BCUT2D eigenvalue weighted by atomic mass is 10.1. The Morgan fingerprint density at radius 1 is 0.950 bits per heavy atom. The molecule has 0 bridgehead atoms. The molecular formula is C29H34N4O6S. The summed E-state index contributed by atoms with van der Waals surface area (Å²) in [5, 5.41) is 14.3. The molecule has 0 unspecified atom stereocenters. The van der Waals surface area contributed by atoms with Gasteiger partial charge >= 0.3 is 0 Å². The van der Waals surface area contributed by atoms with Crippen molar-refractivity contribution in [3.05, 3.63) is 101 Å². The number of hydrogen-bond acceptors (Lipinski definition) is 6. The summed E-state index contributed by atoms with van der Waals surface area (Å²) in [4.78, 5) is 39.2. The highest BCUT2D eigenvalue weighted by Crippen LogP contribution is 2.27. The molecule has 0 aliphatic heterocycles. The van der Waals surface area contributed by atoms with Crippen molar-refractivity contribution in [2.75, 3.05) is 17.4 Å². The van der Waals surface area contributed by atoms with E-state index in [1.165, 1.54) is 35.2 Å². The Labute approximate surface area is 234 Å². The lowest BCUT2D eigenvalue weighted by molar-refractivity contribution is -0.384. The van der Waals surface area contributed by atoms with E-state index < -0.39 is 33.4 Å². The van der Waals surface area contributed by atoms with E-state index in [1.807, 2.05) is 44.2 Å². The fraction of sp³-hybridized carbons (Fsp3) is 0.310. The van der Waals surface area contributed by atoms with Crippen LogP contribution in [-0.2, 0) is 26.0 Å². The van der Waals surface area contributed by atoms with Crippen molar-refractivity contribution in [2.24, 2.45) is 0 Å². The zero-order valence-corrected chi connectivity index (χ0v) is 23.6. The predicted octanol–water partition coefficient (Wildman–Crippen LogP) is 4.16. The normalized spacial score (nSPS) is 12.0. The maximum atomic E-state index is 13.9. The molecule has 1 atom stereocenters.